The number of ether oxygens (including phenoxy) is 2. The van der Waals surface area contributed by atoms with Crippen LogP contribution in [0, 0.1) is 0 Å². The fourth-order valence-corrected chi connectivity index (χ4v) is 3.96. The van der Waals surface area contributed by atoms with Gasteiger partial charge in [-0.3, -0.25) is 4.79 Å². The van der Waals surface area contributed by atoms with Crippen LogP contribution in [-0.4, -0.2) is 60.2 Å². The quantitative estimate of drug-likeness (QED) is 0.493. The first kappa shape index (κ1) is 25.6. The number of hydrogen-bond acceptors (Lipinski definition) is 4. The van der Waals surface area contributed by atoms with Gasteiger partial charge in [0.15, 0.2) is 0 Å². The summed E-state index contributed by atoms with van der Waals surface area (Å²) in [5.74, 6) is 0.935. The van der Waals surface area contributed by atoms with Gasteiger partial charge in [0.1, 0.15) is 11.4 Å². The fraction of sp³-hybridized carbons (Fsp3) is 0.500. The first-order valence-electron chi connectivity index (χ1n) is 12.3. The van der Waals surface area contributed by atoms with Gasteiger partial charge in [0.05, 0.1) is 6.61 Å². The summed E-state index contributed by atoms with van der Waals surface area (Å²) in [6, 6.07) is 16.1. The van der Waals surface area contributed by atoms with E-state index in [9.17, 15) is 9.59 Å². The van der Waals surface area contributed by atoms with Crippen LogP contribution in [-0.2, 0) is 17.6 Å². The van der Waals surface area contributed by atoms with Crippen LogP contribution in [0.5, 0.6) is 5.75 Å². The maximum Gasteiger partial charge on any atom is 0.410 e. The van der Waals surface area contributed by atoms with E-state index in [1.807, 2.05) is 57.2 Å². The first-order chi connectivity index (χ1) is 16.2. The second kappa shape index (κ2) is 11.9. The number of rotatable bonds is 8. The average molecular weight is 467 g/mol. The van der Waals surface area contributed by atoms with E-state index in [0.717, 1.165) is 31.4 Å². The zero-order valence-corrected chi connectivity index (χ0v) is 21.0. The van der Waals surface area contributed by atoms with Crippen molar-refractivity contribution in [2.45, 2.75) is 59.0 Å². The molecule has 0 spiro atoms. The Morgan fingerprint density at radius 2 is 1.56 bits per heavy atom. The van der Waals surface area contributed by atoms with Crippen LogP contribution in [0.4, 0.5) is 4.79 Å². The summed E-state index contributed by atoms with van der Waals surface area (Å²) in [6.07, 6.45) is 3.70. The van der Waals surface area contributed by atoms with Crippen molar-refractivity contribution in [1.82, 2.24) is 9.80 Å². The number of nitrogens with zero attached hydrogens (tertiary/aromatic N) is 2. The van der Waals surface area contributed by atoms with Crippen LogP contribution in [0.1, 0.15) is 62.0 Å². The molecule has 0 aromatic heterocycles. The second-order valence-electron chi connectivity index (χ2n) is 9.81. The van der Waals surface area contributed by atoms with Crippen LogP contribution in [0.2, 0.25) is 0 Å². The number of carbonyl (C=O) groups is 2. The molecule has 0 bridgehead atoms. The van der Waals surface area contributed by atoms with Gasteiger partial charge in [-0.05, 0) is 75.4 Å². The molecule has 1 saturated heterocycles. The zero-order chi connectivity index (χ0) is 24.6. The topological polar surface area (TPSA) is 59.1 Å². The van der Waals surface area contributed by atoms with Crippen LogP contribution in [0.3, 0.4) is 0 Å². The van der Waals surface area contributed by atoms with Gasteiger partial charge in [0, 0.05) is 31.7 Å². The van der Waals surface area contributed by atoms with Gasteiger partial charge in [-0.15, -0.1) is 0 Å². The van der Waals surface area contributed by atoms with E-state index >= 15 is 0 Å². The third-order valence-electron chi connectivity index (χ3n) is 5.74. The Balaban J connectivity index is 1.41. The molecular weight excluding hydrogens is 428 g/mol. The molecule has 1 aliphatic heterocycles. The number of amides is 2. The number of piperazine rings is 1. The minimum atomic E-state index is -0.516. The normalized spacial score (nSPS) is 14.1. The number of benzene rings is 2. The Bertz CT molecular complexity index is 942. The second-order valence-corrected chi connectivity index (χ2v) is 9.81. The molecule has 6 nitrogen and oxygen atoms in total. The number of aryl methyl sites for hydroxylation is 2. The van der Waals surface area contributed by atoms with Crippen molar-refractivity contribution in [3.63, 3.8) is 0 Å². The van der Waals surface area contributed by atoms with Crippen molar-refractivity contribution in [3.05, 3.63) is 65.2 Å². The summed E-state index contributed by atoms with van der Waals surface area (Å²) in [7, 11) is 0. The Labute approximate surface area is 203 Å². The van der Waals surface area contributed by atoms with Crippen molar-refractivity contribution in [2.75, 3.05) is 32.8 Å². The molecule has 0 radical (unpaired) electrons. The molecule has 1 aliphatic rings. The molecule has 3 rings (SSSR count). The molecule has 0 N–H and O–H groups in total. The van der Waals surface area contributed by atoms with Crippen LogP contribution in [0.25, 0.3) is 0 Å². The van der Waals surface area contributed by atoms with Gasteiger partial charge in [-0.2, -0.15) is 0 Å². The van der Waals surface area contributed by atoms with E-state index in [4.69, 9.17) is 9.47 Å². The van der Waals surface area contributed by atoms with E-state index < -0.39 is 5.60 Å². The summed E-state index contributed by atoms with van der Waals surface area (Å²) < 4.78 is 11.3. The van der Waals surface area contributed by atoms with Gasteiger partial charge < -0.3 is 19.3 Å². The lowest BCUT2D eigenvalue weighted by Crippen LogP contribution is -2.51. The zero-order valence-electron chi connectivity index (χ0n) is 21.0. The Kier molecular flexibility index (Phi) is 8.97. The average Bonchev–Trinajstić information content (AvgIpc) is 2.81. The number of carbonyl (C=O) groups excluding carboxylic acids is 2. The lowest BCUT2D eigenvalue weighted by Gasteiger charge is -2.35. The van der Waals surface area contributed by atoms with E-state index in [-0.39, 0.29) is 12.0 Å². The molecule has 1 heterocycles. The molecule has 0 atom stereocenters. The highest BCUT2D eigenvalue weighted by Gasteiger charge is 2.28. The highest BCUT2D eigenvalue weighted by Crippen LogP contribution is 2.17. The highest BCUT2D eigenvalue weighted by atomic mass is 16.6. The van der Waals surface area contributed by atoms with Gasteiger partial charge >= 0.3 is 6.09 Å². The SMILES string of the molecule is CCCc1cccc(OCCCc2ccc(C(=O)N3CCN(C(=O)OC(C)(C)C)CC3)cc2)c1. The monoisotopic (exact) mass is 466 g/mol. The van der Waals surface area contributed by atoms with Crippen molar-refractivity contribution < 1.29 is 19.1 Å². The summed E-state index contributed by atoms with van der Waals surface area (Å²) in [4.78, 5) is 28.6. The van der Waals surface area contributed by atoms with Crippen LogP contribution < -0.4 is 4.74 Å². The molecular formula is C28H38N2O4. The van der Waals surface area contributed by atoms with Gasteiger partial charge in [-0.25, -0.2) is 4.79 Å². The van der Waals surface area contributed by atoms with Gasteiger partial charge in [-0.1, -0.05) is 37.6 Å². The van der Waals surface area contributed by atoms with Crippen molar-refractivity contribution in [1.29, 1.82) is 0 Å². The van der Waals surface area contributed by atoms with Crippen LogP contribution in [0.15, 0.2) is 48.5 Å². The molecule has 1 fully saturated rings. The Morgan fingerprint density at radius 1 is 0.882 bits per heavy atom. The molecule has 34 heavy (non-hydrogen) atoms. The van der Waals surface area contributed by atoms with Gasteiger partial charge in [0.2, 0.25) is 0 Å². The summed E-state index contributed by atoms with van der Waals surface area (Å²) >= 11 is 0. The molecule has 6 heteroatoms. The summed E-state index contributed by atoms with van der Waals surface area (Å²) in [6.45, 7) is 10.4. The third kappa shape index (κ3) is 7.79. The standard InChI is InChI=1S/C28H38N2O4/c1-5-8-23-9-6-11-25(21-23)33-20-7-10-22-12-14-24(15-13-22)26(31)29-16-18-30(19-17-29)27(32)34-28(2,3)4/h6,9,11-15,21H,5,7-8,10,16-20H2,1-4H3. The molecule has 2 aromatic carbocycles. The largest absolute Gasteiger partial charge is 0.494 e. The Hall–Kier alpha value is -3.02. The summed E-state index contributed by atoms with van der Waals surface area (Å²) in [5.41, 5.74) is 2.66. The molecule has 0 unspecified atom stereocenters. The minimum Gasteiger partial charge on any atom is -0.494 e. The molecule has 0 aliphatic carbocycles. The molecule has 0 saturated carbocycles. The third-order valence-corrected chi connectivity index (χ3v) is 5.74. The van der Waals surface area contributed by atoms with E-state index in [0.29, 0.717) is 38.3 Å². The van der Waals surface area contributed by atoms with E-state index in [1.165, 1.54) is 11.1 Å². The minimum absolute atomic E-state index is 0.00526. The predicted octanol–water partition coefficient (Wildman–Crippen LogP) is 5.34. The molecule has 2 aromatic rings. The number of hydrogen-bond donors (Lipinski definition) is 0. The van der Waals surface area contributed by atoms with Gasteiger partial charge in [0.25, 0.3) is 5.91 Å². The van der Waals surface area contributed by atoms with Crippen LogP contribution >= 0.6 is 0 Å². The molecule has 184 valence electrons. The van der Waals surface area contributed by atoms with E-state index in [1.54, 1.807) is 9.80 Å². The molecule has 2 amide bonds. The Morgan fingerprint density at radius 3 is 2.21 bits per heavy atom. The fourth-order valence-electron chi connectivity index (χ4n) is 3.96. The van der Waals surface area contributed by atoms with Crippen molar-refractivity contribution in [3.8, 4) is 5.75 Å². The predicted molar refractivity (Wildman–Crippen MR) is 134 cm³/mol. The maximum atomic E-state index is 12.9. The highest BCUT2D eigenvalue weighted by molar-refractivity contribution is 5.94. The maximum absolute atomic E-state index is 12.9. The first-order valence-corrected chi connectivity index (χ1v) is 12.3. The van der Waals surface area contributed by atoms with Crippen molar-refractivity contribution >= 4 is 12.0 Å². The lowest BCUT2D eigenvalue weighted by molar-refractivity contribution is 0.0141. The lowest BCUT2D eigenvalue weighted by atomic mass is 10.1. The van der Waals surface area contributed by atoms with E-state index in [2.05, 4.69) is 19.1 Å². The smallest absolute Gasteiger partial charge is 0.410 e. The van der Waals surface area contributed by atoms with Crippen molar-refractivity contribution in [2.24, 2.45) is 0 Å². The summed E-state index contributed by atoms with van der Waals surface area (Å²) in [5, 5.41) is 0.